The number of nitrogens with one attached hydrogen (secondary N) is 4. The predicted molar refractivity (Wildman–Crippen MR) is 359 cm³/mol. The molecule has 8 atom stereocenters. The minimum Gasteiger partial charge on any atom is -0.507 e. The largest absolute Gasteiger partial charge is 0.509 e. The van der Waals surface area contributed by atoms with Crippen molar-refractivity contribution in [3.8, 4) is 11.5 Å². The van der Waals surface area contributed by atoms with Gasteiger partial charge < -0.3 is 69.2 Å². The summed E-state index contributed by atoms with van der Waals surface area (Å²) in [5, 5.41) is 34.3. The molecule has 6 amide bonds. The van der Waals surface area contributed by atoms with E-state index >= 15 is 4.79 Å². The number of esters is 1. The number of carbonyl (C=O) groups excluding carboxylic acids is 8. The molecule has 97 heavy (non-hydrogen) atoms. The van der Waals surface area contributed by atoms with E-state index in [9.17, 15) is 53.4 Å². The van der Waals surface area contributed by atoms with Crippen LogP contribution in [0.25, 0.3) is 38.7 Å². The molecule has 1 aromatic heterocycles. The standard InChI is InChI=1S/C71H83N7O19/c1-36(2)58(74-51(81)18-13-12-14-26-78-53(83)23-24-54(78)84)69(89)72-32-52(82)73-45-21-19-44(20-22-45)35-92-70(90)95-47-33-77(34-47)46-30-48(80)59-50(31-46)96-66-60(75-59)55-56-62(85)42(8)65-57(55)67(87)71(10,97-65)93-27-25-49(91-11)41(7)64(94-43(9)79)40(6)29-38(4)28-37(3)16-15-17-39(5)68(88)76-61(66)63(56)86/h15-17,19-25,27,30-31,36-38,40-41,47,49,58,64,85,87H,12-14,18,26,28-29,32-35H2,1-11H3,(H,72,89)(H,73,82)(H,74,81)(H,76,88)/b16-15+,27-25+,39-17-/t37-,38+,40+,41+,49-,58?,64-,71-/m0/s1. The molecule has 1 fully saturated rings. The molecule has 0 saturated carbocycles. The molecule has 1 saturated heterocycles. The molecule has 26 nitrogen and oxygen atoms in total. The number of benzene rings is 4. The van der Waals surface area contributed by atoms with Crippen molar-refractivity contribution in [3.05, 3.63) is 121 Å². The van der Waals surface area contributed by atoms with Crippen molar-refractivity contribution >= 4 is 103 Å². The molecular weight excluding hydrogens is 1250 g/mol. The van der Waals surface area contributed by atoms with Gasteiger partial charge in [0.2, 0.25) is 28.6 Å². The molecule has 6 N–H and O–H groups in total. The van der Waals surface area contributed by atoms with Gasteiger partial charge in [-0.05, 0) is 87.0 Å². The van der Waals surface area contributed by atoms with E-state index in [2.05, 4.69) is 28.2 Å². The molecule has 0 spiro atoms. The zero-order chi connectivity index (χ0) is 70.3. The number of aromatic nitrogens is 1. The van der Waals surface area contributed by atoms with Gasteiger partial charge in [-0.2, -0.15) is 0 Å². The van der Waals surface area contributed by atoms with E-state index < -0.39 is 88.0 Å². The van der Waals surface area contributed by atoms with Gasteiger partial charge in [-0.3, -0.25) is 48.1 Å². The number of aliphatic hydroxyl groups is 1. The Morgan fingerprint density at radius 3 is 2.27 bits per heavy atom. The third-order valence-corrected chi connectivity index (χ3v) is 17.8. The van der Waals surface area contributed by atoms with Gasteiger partial charge in [-0.1, -0.05) is 78.3 Å². The van der Waals surface area contributed by atoms with E-state index in [-0.39, 0.29) is 142 Å². The fraction of sp³-hybridized carbons (Fsp3) is 0.451. The van der Waals surface area contributed by atoms with Gasteiger partial charge in [-0.25, -0.2) is 9.78 Å². The van der Waals surface area contributed by atoms with Crippen LogP contribution in [0.15, 0.2) is 98.7 Å². The Balaban J connectivity index is 0.873. The van der Waals surface area contributed by atoms with Crippen molar-refractivity contribution in [2.45, 2.75) is 145 Å². The number of phenolic OH excluding ortho intramolecular Hbond substituents is 1. The van der Waals surface area contributed by atoms with Gasteiger partial charge in [0, 0.05) is 92.0 Å². The Hall–Kier alpha value is -10.1. The molecule has 5 heterocycles. The van der Waals surface area contributed by atoms with Crippen LogP contribution in [0.4, 0.5) is 21.9 Å². The molecule has 516 valence electrons. The minimum absolute atomic E-state index is 0.0306. The first-order valence-electron chi connectivity index (χ1n) is 32.4. The number of anilines is 3. The topological polar surface area (TPSA) is 347 Å². The Morgan fingerprint density at radius 1 is 0.876 bits per heavy atom. The first-order chi connectivity index (χ1) is 46.0. The summed E-state index contributed by atoms with van der Waals surface area (Å²) in [4.78, 5) is 139. The summed E-state index contributed by atoms with van der Waals surface area (Å²) < 4.78 is 41.8. The summed E-state index contributed by atoms with van der Waals surface area (Å²) in [6.45, 7) is 17.4. The summed E-state index contributed by atoms with van der Waals surface area (Å²) >= 11 is 0. The van der Waals surface area contributed by atoms with Crippen molar-refractivity contribution in [3.63, 3.8) is 0 Å². The number of carbonyl (C=O) groups is 8. The lowest BCUT2D eigenvalue weighted by Gasteiger charge is -2.39. The monoisotopic (exact) mass is 1340 g/mol. The molecule has 1 unspecified atom stereocenters. The van der Waals surface area contributed by atoms with Crippen LogP contribution >= 0.6 is 0 Å². The third-order valence-electron chi connectivity index (χ3n) is 17.8. The smallest absolute Gasteiger partial charge is 0.507 e. The molecule has 4 aliphatic heterocycles. The SMILES string of the molecule is CO[C@H]1/C=C/O[C@@]2(C)Oc3c(C)c(O)c4c(=O)c(c5oc6cc(N7CC(OC(=O)OCc8ccc(NC(=O)CNC(=O)C(NC(=O)CCCCCN9C(=O)C=CC9=O)C(C)C)cc8)C7)cc(=O)c6nc5c4c3=C2O)NC(=O)/C(C)=C\C=C\[C@H](C)C[C@@H](C)C[C@@H](C)[C@H](OC(C)=O)[C@@H]1C. The molecule has 5 aromatic rings. The number of nitrogens with zero attached hydrogens (tertiary/aromatic N) is 3. The normalized spacial score (nSPS) is 23.1. The van der Waals surface area contributed by atoms with Crippen molar-refractivity contribution in [2.75, 3.05) is 48.8 Å². The number of amides is 6. The number of rotatable bonds is 18. The van der Waals surface area contributed by atoms with E-state index in [0.717, 1.165) is 11.3 Å². The first-order valence-corrected chi connectivity index (χ1v) is 32.4. The van der Waals surface area contributed by atoms with Crippen LogP contribution in [-0.4, -0.2) is 131 Å². The predicted octanol–water partition coefficient (Wildman–Crippen LogP) is 7.84. The van der Waals surface area contributed by atoms with Crippen LogP contribution in [-0.2, 0) is 63.9 Å². The molecule has 4 bridgehead atoms. The number of allylic oxidation sites excluding steroid dienone is 3. The highest BCUT2D eigenvalue weighted by atomic mass is 16.7. The molecule has 4 aromatic carbocycles. The average molecular weight is 1340 g/mol. The van der Waals surface area contributed by atoms with Crippen LogP contribution in [0.5, 0.6) is 11.5 Å². The van der Waals surface area contributed by atoms with Crippen LogP contribution in [0.3, 0.4) is 0 Å². The highest BCUT2D eigenvalue weighted by Gasteiger charge is 2.44. The van der Waals surface area contributed by atoms with Crippen molar-refractivity contribution in [1.29, 1.82) is 0 Å². The van der Waals surface area contributed by atoms with Crippen LogP contribution in [0.1, 0.15) is 112 Å². The average Bonchev–Trinajstić information content (AvgIpc) is 1.65. The van der Waals surface area contributed by atoms with Crippen molar-refractivity contribution in [2.24, 2.45) is 29.6 Å². The number of imide groups is 1. The Labute approximate surface area is 559 Å². The maximum Gasteiger partial charge on any atom is 0.509 e. The summed E-state index contributed by atoms with van der Waals surface area (Å²) in [6.07, 6.45) is 11.0. The van der Waals surface area contributed by atoms with Crippen LogP contribution in [0.2, 0.25) is 0 Å². The number of methoxy groups -OCH3 is 1. The van der Waals surface area contributed by atoms with E-state index in [1.54, 1.807) is 68.2 Å². The van der Waals surface area contributed by atoms with E-state index in [1.165, 1.54) is 58.4 Å². The summed E-state index contributed by atoms with van der Waals surface area (Å²) in [5.41, 5.74) is -1.28. The maximum absolute atomic E-state index is 15.0. The second kappa shape index (κ2) is 30.3. The molecule has 9 rings (SSSR count). The quantitative estimate of drug-likeness (QED) is 0.0160. The summed E-state index contributed by atoms with van der Waals surface area (Å²) in [5.74, 6) is -7.01. The molecule has 4 aliphatic rings. The highest BCUT2D eigenvalue weighted by Crippen LogP contribution is 2.43. The summed E-state index contributed by atoms with van der Waals surface area (Å²) in [7, 11) is 1.51. The van der Waals surface area contributed by atoms with Crippen LogP contribution < -0.4 is 47.0 Å². The molecule has 26 heteroatoms. The van der Waals surface area contributed by atoms with Gasteiger partial charge in [0.05, 0.1) is 42.6 Å². The lowest BCUT2D eigenvalue weighted by atomic mass is 9.82. The summed E-state index contributed by atoms with van der Waals surface area (Å²) in [6, 6.07) is 8.30. The zero-order valence-electron chi connectivity index (χ0n) is 56.2. The Morgan fingerprint density at radius 2 is 1.59 bits per heavy atom. The number of unbranched alkanes of at least 4 members (excludes halogenated alkanes) is 2. The second-order valence-electron chi connectivity index (χ2n) is 25.9. The number of aromatic hydroxyl groups is 1. The number of aliphatic hydroxyl groups excluding tert-OH is 1. The van der Waals surface area contributed by atoms with E-state index in [4.69, 9.17) is 37.8 Å². The lowest BCUT2D eigenvalue weighted by Crippen LogP contribution is -2.53. The van der Waals surface area contributed by atoms with Gasteiger partial charge >= 0.3 is 17.9 Å². The Bertz CT molecular complexity index is 4230. The number of hydrogen-bond donors (Lipinski definition) is 6. The van der Waals surface area contributed by atoms with E-state index in [0.29, 0.717) is 42.6 Å². The lowest BCUT2D eigenvalue weighted by molar-refractivity contribution is -0.155. The van der Waals surface area contributed by atoms with Gasteiger partial charge in [0.15, 0.2) is 22.4 Å². The number of hydrogen-bond acceptors (Lipinski definition) is 21. The van der Waals surface area contributed by atoms with E-state index in [1.807, 2.05) is 26.8 Å². The molecule has 0 aliphatic carbocycles. The first kappa shape index (κ1) is 71.2. The third kappa shape index (κ3) is 16.2. The fourth-order valence-corrected chi connectivity index (χ4v) is 12.6. The number of fused-ring (bicyclic) bond motifs is 2. The van der Waals surface area contributed by atoms with Gasteiger partial charge in [0.1, 0.15) is 47.6 Å². The van der Waals surface area contributed by atoms with Crippen LogP contribution in [0, 0.1) is 36.5 Å². The number of ether oxygens (including phenoxy) is 6. The van der Waals surface area contributed by atoms with Crippen molar-refractivity contribution in [1.82, 2.24) is 20.5 Å². The van der Waals surface area contributed by atoms with Gasteiger partial charge in [-0.15, -0.1) is 0 Å². The fourth-order valence-electron chi connectivity index (χ4n) is 12.6. The van der Waals surface area contributed by atoms with Gasteiger partial charge in [0.25, 0.3) is 17.7 Å². The van der Waals surface area contributed by atoms with Crippen molar-refractivity contribution < 1.29 is 81.4 Å². The zero-order valence-corrected chi connectivity index (χ0v) is 56.2. The maximum atomic E-state index is 15.0. The Kier molecular flexibility index (Phi) is 22.2. The molecular formula is C71H83N7O19. The minimum atomic E-state index is -1.99. The number of phenols is 1. The highest BCUT2D eigenvalue weighted by molar-refractivity contribution is 6.17. The second-order valence-corrected chi connectivity index (χ2v) is 25.9. The molecule has 0 radical (unpaired) electrons.